The van der Waals surface area contributed by atoms with E-state index in [-0.39, 0.29) is 5.91 Å². The minimum atomic E-state index is 0.108. The van der Waals surface area contributed by atoms with Crippen molar-refractivity contribution in [1.29, 1.82) is 0 Å². The first-order chi connectivity index (χ1) is 15.7. The Bertz CT molecular complexity index is 1150. The molecule has 7 nitrogen and oxygen atoms in total. The topological polar surface area (TPSA) is 75.4 Å². The molecule has 0 saturated carbocycles. The molecule has 9 heteroatoms. The first-order valence-corrected chi connectivity index (χ1v) is 12.4. The number of hydrogen-bond donors (Lipinski definition) is 0. The Hall–Kier alpha value is -2.91. The van der Waals surface area contributed by atoms with Crippen molar-refractivity contribution in [3.63, 3.8) is 0 Å². The van der Waals surface area contributed by atoms with Gasteiger partial charge in [-0.05, 0) is 24.3 Å². The highest BCUT2D eigenvalue weighted by Gasteiger charge is 2.22. The SMILES string of the molecule is O=C(CSc1nnc(CCc2nc3ccccc3s2)o1)N1CCN(c2ccccc2)CC1. The Morgan fingerprint density at radius 3 is 2.56 bits per heavy atom. The molecule has 0 aliphatic carbocycles. The van der Waals surface area contributed by atoms with Crippen LogP contribution in [0.25, 0.3) is 10.2 Å². The minimum absolute atomic E-state index is 0.108. The molecule has 5 rings (SSSR count). The van der Waals surface area contributed by atoms with E-state index in [1.807, 2.05) is 41.3 Å². The molecule has 32 heavy (non-hydrogen) atoms. The van der Waals surface area contributed by atoms with E-state index in [4.69, 9.17) is 4.42 Å². The highest BCUT2D eigenvalue weighted by Crippen LogP contribution is 2.23. The molecule has 0 N–H and O–H groups in total. The monoisotopic (exact) mass is 465 g/mol. The smallest absolute Gasteiger partial charge is 0.277 e. The molecule has 1 aliphatic heterocycles. The van der Waals surface area contributed by atoms with E-state index in [0.717, 1.165) is 43.1 Å². The van der Waals surface area contributed by atoms with Gasteiger partial charge in [-0.3, -0.25) is 4.79 Å². The summed E-state index contributed by atoms with van der Waals surface area (Å²) in [6.45, 7) is 3.14. The molecule has 3 heterocycles. The van der Waals surface area contributed by atoms with Gasteiger partial charge in [0.25, 0.3) is 5.22 Å². The van der Waals surface area contributed by atoms with Crippen LogP contribution >= 0.6 is 23.1 Å². The van der Waals surface area contributed by atoms with E-state index in [9.17, 15) is 4.79 Å². The average molecular weight is 466 g/mol. The second-order valence-corrected chi connectivity index (χ2v) is 9.57. The van der Waals surface area contributed by atoms with Crippen molar-refractivity contribution in [3.8, 4) is 0 Å². The van der Waals surface area contributed by atoms with Gasteiger partial charge < -0.3 is 14.2 Å². The molecular weight excluding hydrogens is 442 g/mol. The maximum absolute atomic E-state index is 12.6. The zero-order valence-corrected chi connectivity index (χ0v) is 19.1. The van der Waals surface area contributed by atoms with Gasteiger partial charge in [-0.15, -0.1) is 21.5 Å². The predicted octanol–water partition coefficient (Wildman–Crippen LogP) is 3.91. The van der Waals surface area contributed by atoms with Gasteiger partial charge in [-0.1, -0.05) is 42.1 Å². The van der Waals surface area contributed by atoms with Crippen LogP contribution < -0.4 is 4.90 Å². The second kappa shape index (κ2) is 9.70. The lowest BCUT2D eigenvalue weighted by molar-refractivity contribution is -0.128. The average Bonchev–Trinajstić information content (AvgIpc) is 3.48. The number of aromatic nitrogens is 3. The summed E-state index contributed by atoms with van der Waals surface area (Å²) in [7, 11) is 0. The van der Waals surface area contributed by atoms with Crippen LogP contribution in [0.5, 0.6) is 0 Å². The van der Waals surface area contributed by atoms with Gasteiger partial charge in [0.2, 0.25) is 11.8 Å². The molecule has 1 fully saturated rings. The highest BCUT2D eigenvalue weighted by molar-refractivity contribution is 7.99. The Labute approximate surface area is 194 Å². The molecule has 0 unspecified atom stereocenters. The summed E-state index contributed by atoms with van der Waals surface area (Å²) >= 11 is 3.00. The number of piperazine rings is 1. The van der Waals surface area contributed by atoms with E-state index in [0.29, 0.717) is 23.3 Å². The minimum Gasteiger partial charge on any atom is -0.416 e. The molecule has 0 atom stereocenters. The van der Waals surface area contributed by atoms with Crippen molar-refractivity contribution in [2.75, 3.05) is 36.8 Å². The van der Waals surface area contributed by atoms with E-state index in [1.54, 1.807) is 11.3 Å². The number of para-hydroxylation sites is 2. The molecule has 2 aromatic heterocycles. The Morgan fingerprint density at radius 1 is 0.969 bits per heavy atom. The molecule has 1 saturated heterocycles. The quantitative estimate of drug-likeness (QED) is 0.383. The molecule has 0 spiro atoms. The fourth-order valence-electron chi connectivity index (χ4n) is 3.71. The summed E-state index contributed by atoms with van der Waals surface area (Å²) in [5.41, 5.74) is 2.23. The Morgan fingerprint density at radius 2 is 1.75 bits per heavy atom. The van der Waals surface area contributed by atoms with Crippen LogP contribution in [0, 0.1) is 0 Å². The molecule has 0 radical (unpaired) electrons. The standard InChI is InChI=1S/C23H23N5O2S2/c29-22(28-14-12-27(13-15-28)17-6-2-1-3-7-17)16-31-23-26-25-20(30-23)10-11-21-24-18-8-4-5-9-19(18)32-21/h1-9H,10-16H2. The summed E-state index contributed by atoms with van der Waals surface area (Å²) in [5, 5.41) is 9.72. The number of fused-ring (bicyclic) bond motifs is 1. The van der Waals surface area contributed by atoms with E-state index >= 15 is 0 Å². The third-order valence-corrected chi connectivity index (χ3v) is 7.31. The molecule has 164 valence electrons. The number of thiazole rings is 1. The lowest BCUT2D eigenvalue weighted by atomic mass is 10.2. The third-order valence-electron chi connectivity index (χ3n) is 5.41. The van der Waals surface area contributed by atoms with Gasteiger partial charge in [0, 0.05) is 44.7 Å². The number of nitrogens with zero attached hydrogens (tertiary/aromatic N) is 5. The number of benzene rings is 2. The van der Waals surface area contributed by atoms with Gasteiger partial charge in [0.05, 0.1) is 21.0 Å². The number of anilines is 1. The van der Waals surface area contributed by atoms with Crippen molar-refractivity contribution in [2.45, 2.75) is 18.1 Å². The largest absolute Gasteiger partial charge is 0.416 e. The second-order valence-electron chi connectivity index (χ2n) is 7.53. The normalized spacial score (nSPS) is 14.2. The zero-order valence-electron chi connectivity index (χ0n) is 17.5. The van der Waals surface area contributed by atoms with Crippen LogP contribution in [0.15, 0.2) is 64.2 Å². The van der Waals surface area contributed by atoms with Gasteiger partial charge >= 0.3 is 0 Å². The summed E-state index contributed by atoms with van der Waals surface area (Å²) in [5.74, 6) is 0.998. The molecule has 1 aliphatic rings. The van der Waals surface area contributed by atoms with Crippen molar-refractivity contribution in [1.82, 2.24) is 20.1 Å². The van der Waals surface area contributed by atoms with Crippen LogP contribution in [-0.2, 0) is 17.6 Å². The van der Waals surface area contributed by atoms with Crippen molar-refractivity contribution < 1.29 is 9.21 Å². The molecule has 4 aromatic rings. The van der Waals surface area contributed by atoms with Crippen molar-refractivity contribution in [2.24, 2.45) is 0 Å². The van der Waals surface area contributed by atoms with E-state index < -0.39 is 0 Å². The first kappa shape index (κ1) is 21.0. The number of aryl methyl sites for hydroxylation is 2. The van der Waals surface area contributed by atoms with E-state index in [2.05, 4.69) is 38.3 Å². The van der Waals surface area contributed by atoms with Gasteiger partial charge in [0.1, 0.15) is 0 Å². The summed E-state index contributed by atoms with van der Waals surface area (Å²) < 4.78 is 6.92. The van der Waals surface area contributed by atoms with Crippen LogP contribution in [-0.4, -0.2) is 57.9 Å². The molecular formula is C23H23N5O2S2. The Kier molecular flexibility index (Phi) is 6.36. The first-order valence-electron chi connectivity index (χ1n) is 10.6. The van der Waals surface area contributed by atoms with Gasteiger partial charge in [-0.2, -0.15) is 0 Å². The number of hydrogen-bond acceptors (Lipinski definition) is 8. The van der Waals surface area contributed by atoms with Gasteiger partial charge in [-0.25, -0.2) is 4.98 Å². The predicted molar refractivity (Wildman–Crippen MR) is 127 cm³/mol. The molecule has 1 amide bonds. The van der Waals surface area contributed by atoms with Gasteiger partial charge in [0.15, 0.2) is 0 Å². The molecule has 0 bridgehead atoms. The zero-order chi connectivity index (χ0) is 21.8. The summed E-state index contributed by atoms with van der Waals surface area (Å²) in [6, 6.07) is 18.4. The van der Waals surface area contributed by atoms with E-state index in [1.165, 1.54) is 22.1 Å². The highest BCUT2D eigenvalue weighted by atomic mass is 32.2. The summed E-state index contributed by atoms with van der Waals surface area (Å²) in [6.07, 6.45) is 1.40. The fourth-order valence-corrected chi connectivity index (χ4v) is 5.36. The fraction of sp³-hybridized carbons (Fsp3) is 0.304. The van der Waals surface area contributed by atoms with Crippen molar-refractivity contribution in [3.05, 3.63) is 65.5 Å². The number of carbonyl (C=O) groups is 1. The van der Waals surface area contributed by atoms with Crippen LogP contribution in [0.3, 0.4) is 0 Å². The maximum Gasteiger partial charge on any atom is 0.277 e. The Balaban J connectivity index is 1.08. The number of carbonyl (C=O) groups excluding carboxylic acids is 1. The van der Waals surface area contributed by atoms with Crippen LogP contribution in [0.4, 0.5) is 5.69 Å². The van der Waals surface area contributed by atoms with Crippen LogP contribution in [0.2, 0.25) is 0 Å². The lowest BCUT2D eigenvalue weighted by Gasteiger charge is -2.36. The number of thioether (sulfide) groups is 1. The lowest BCUT2D eigenvalue weighted by Crippen LogP contribution is -2.49. The number of amides is 1. The van der Waals surface area contributed by atoms with Crippen LogP contribution in [0.1, 0.15) is 10.9 Å². The maximum atomic E-state index is 12.6. The number of rotatable bonds is 7. The van der Waals surface area contributed by atoms with Crippen molar-refractivity contribution >= 4 is 44.9 Å². The third kappa shape index (κ3) is 4.94. The summed E-state index contributed by atoms with van der Waals surface area (Å²) in [4.78, 5) is 21.5. The molecule has 2 aromatic carbocycles.